The van der Waals surface area contributed by atoms with Crippen molar-refractivity contribution in [3.05, 3.63) is 52.9 Å². The number of nitrogens with zero attached hydrogens (tertiary/aromatic N) is 3. The molecule has 0 unspecified atom stereocenters. The van der Waals surface area contributed by atoms with Gasteiger partial charge in [0.25, 0.3) is 0 Å². The molecule has 1 aliphatic heterocycles. The van der Waals surface area contributed by atoms with Crippen LogP contribution in [0, 0.1) is 6.92 Å². The number of aryl methyl sites for hydroxylation is 2. The van der Waals surface area contributed by atoms with E-state index < -0.39 is 0 Å². The van der Waals surface area contributed by atoms with Crippen LogP contribution in [0.2, 0.25) is 5.15 Å². The molecule has 1 aromatic carbocycles. The van der Waals surface area contributed by atoms with E-state index in [0.29, 0.717) is 17.4 Å². The van der Waals surface area contributed by atoms with Crippen molar-refractivity contribution >= 4 is 23.3 Å². The topological polar surface area (TPSA) is 58.1 Å². The molecule has 1 amide bonds. The summed E-state index contributed by atoms with van der Waals surface area (Å²) in [5.41, 5.74) is 1.20. The fourth-order valence-corrected chi connectivity index (χ4v) is 3.35. The van der Waals surface area contributed by atoms with Gasteiger partial charge in [-0.05, 0) is 31.7 Å². The summed E-state index contributed by atoms with van der Waals surface area (Å²) >= 11 is 6.02. The summed E-state index contributed by atoms with van der Waals surface area (Å²) in [6, 6.07) is 12.1. The number of aromatic nitrogens is 2. The van der Waals surface area contributed by atoms with Gasteiger partial charge in [0.1, 0.15) is 16.8 Å². The number of rotatable bonds is 5. The second kappa shape index (κ2) is 8.30. The normalized spacial score (nSPS) is 15.2. The van der Waals surface area contributed by atoms with E-state index in [1.165, 1.54) is 5.56 Å². The number of nitrogens with one attached hydrogen (secondary N) is 1. The zero-order chi connectivity index (χ0) is 17.6. The van der Waals surface area contributed by atoms with E-state index in [0.717, 1.165) is 38.2 Å². The smallest absolute Gasteiger partial charge is 0.220 e. The van der Waals surface area contributed by atoms with E-state index in [1.54, 1.807) is 6.07 Å². The van der Waals surface area contributed by atoms with E-state index in [4.69, 9.17) is 11.6 Å². The molecule has 1 saturated heterocycles. The average Bonchev–Trinajstić information content (AvgIpc) is 2.61. The first-order valence-corrected chi connectivity index (χ1v) is 9.07. The van der Waals surface area contributed by atoms with Gasteiger partial charge in [0.05, 0.1) is 0 Å². The predicted molar refractivity (Wildman–Crippen MR) is 99.9 cm³/mol. The van der Waals surface area contributed by atoms with Crippen molar-refractivity contribution in [2.24, 2.45) is 0 Å². The molecule has 2 heterocycles. The maximum absolute atomic E-state index is 12.2. The average molecular weight is 359 g/mol. The SMILES string of the molecule is Cc1nc(Cl)cc(N2CCC(NC(=O)CCc3ccccc3)CC2)n1. The van der Waals surface area contributed by atoms with Gasteiger partial charge in [0.15, 0.2) is 0 Å². The van der Waals surface area contributed by atoms with Crippen molar-refractivity contribution in [3.8, 4) is 0 Å². The van der Waals surface area contributed by atoms with E-state index in [2.05, 4.69) is 32.3 Å². The van der Waals surface area contributed by atoms with Crippen molar-refractivity contribution in [1.82, 2.24) is 15.3 Å². The Labute approximate surface area is 153 Å². The summed E-state index contributed by atoms with van der Waals surface area (Å²) in [7, 11) is 0. The molecule has 0 radical (unpaired) electrons. The Morgan fingerprint density at radius 1 is 1.24 bits per heavy atom. The Bertz CT molecular complexity index is 694. The van der Waals surface area contributed by atoms with E-state index >= 15 is 0 Å². The maximum atomic E-state index is 12.2. The van der Waals surface area contributed by atoms with Crippen LogP contribution in [0.25, 0.3) is 0 Å². The molecule has 0 atom stereocenters. The summed E-state index contributed by atoms with van der Waals surface area (Å²) in [6.45, 7) is 3.56. The van der Waals surface area contributed by atoms with Gasteiger partial charge >= 0.3 is 0 Å². The first-order valence-electron chi connectivity index (χ1n) is 8.69. The largest absolute Gasteiger partial charge is 0.356 e. The first-order chi connectivity index (χ1) is 12.1. The summed E-state index contributed by atoms with van der Waals surface area (Å²) in [5.74, 6) is 1.67. The van der Waals surface area contributed by atoms with E-state index in [1.807, 2.05) is 25.1 Å². The number of carbonyl (C=O) groups excluding carboxylic acids is 1. The molecule has 0 spiro atoms. The number of carbonyl (C=O) groups is 1. The predicted octanol–water partition coefficient (Wildman–Crippen LogP) is 3.16. The van der Waals surface area contributed by atoms with Crippen LogP contribution in [-0.2, 0) is 11.2 Å². The molecular weight excluding hydrogens is 336 g/mol. The summed E-state index contributed by atoms with van der Waals surface area (Å²) < 4.78 is 0. The Morgan fingerprint density at radius 2 is 1.96 bits per heavy atom. The molecule has 0 saturated carbocycles. The zero-order valence-corrected chi connectivity index (χ0v) is 15.2. The lowest BCUT2D eigenvalue weighted by Crippen LogP contribution is -2.45. The Kier molecular flexibility index (Phi) is 5.87. The van der Waals surface area contributed by atoms with E-state index in [9.17, 15) is 4.79 Å². The number of benzene rings is 1. The molecule has 3 rings (SSSR count). The first kappa shape index (κ1) is 17.7. The van der Waals surface area contributed by atoms with Crippen molar-refractivity contribution in [2.45, 2.75) is 38.6 Å². The van der Waals surface area contributed by atoms with E-state index in [-0.39, 0.29) is 11.9 Å². The standard InChI is InChI=1S/C19H23ClN4O/c1-14-21-17(20)13-18(22-14)24-11-9-16(10-12-24)23-19(25)8-7-15-5-3-2-4-6-15/h2-6,13,16H,7-12H2,1H3,(H,23,25). The van der Waals surface area contributed by atoms with Gasteiger partial charge in [-0.3, -0.25) is 4.79 Å². The van der Waals surface area contributed by atoms with Gasteiger partial charge in [-0.25, -0.2) is 9.97 Å². The lowest BCUT2D eigenvalue weighted by atomic mass is 10.0. The number of piperidine rings is 1. The van der Waals surface area contributed by atoms with Crippen LogP contribution in [0.5, 0.6) is 0 Å². The fourth-order valence-electron chi connectivity index (χ4n) is 3.13. The number of amides is 1. The Balaban J connectivity index is 1.45. The molecular formula is C19H23ClN4O. The van der Waals surface area contributed by atoms with Gasteiger partial charge in [-0.1, -0.05) is 41.9 Å². The van der Waals surface area contributed by atoms with Gasteiger partial charge in [0, 0.05) is 31.6 Å². The minimum Gasteiger partial charge on any atom is -0.356 e. The molecule has 1 fully saturated rings. The molecule has 1 aliphatic rings. The second-order valence-corrected chi connectivity index (χ2v) is 6.80. The van der Waals surface area contributed by atoms with Crippen LogP contribution in [0.4, 0.5) is 5.82 Å². The lowest BCUT2D eigenvalue weighted by molar-refractivity contribution is -0.121. The Hall–Kier alpha value is -2.14. The van der Waals surface area contributed by atoms with Crippen molar-refractivity contribution < 1.29 is 4.79 Å². The Morgan fingerprint density at radius 3 is 2.64 bits per heavy atom. The van der Waals surface area contributed by atoms with Crippen LogP contribution in [0.3, 0.4) is 0 Å². The van der Waals surface area contributed by atoms with Gasteiger partial charge in [-0.15, -0.1) is 0 Å². The lowest BCUT2D eigenvalue weighted by Gasteiger charge is -2.33. The molecule has 0 bridgehead atoms. The molecule has 2 aromatic rings. The van der Waals surface area contributed by atoms with Crippen LogP contribution < -0.4 is 10.2 Å². The summed E-state index contributed by atoms with van der Waals surface area (Å²) in [4.78, 5) is 22.9. The minimum atomic E-state index is 0.128. The third-order valence-corrected chi connectivity index (χ3v) is 4.65. The van der Waals surface area contributed by atoms with Crippen molar-refractivity contribution in [1.29, 1.82) is 0 Å². The third kappa shape index (κ3) is 5.16. The van der Waals surface area contributed by atoms with Crippen LogP contribution in [-0.4, -0.2) is 35.0 Å². The van der Waals surface area contributed by atoms with Gasteiger partial charge in [-0.2, -0.15) is 0 Å². The molecule has 1 N–H and O–H groups in total. The van der Waals surface area contributed by atoms with Crippen LogP contribution in [0.15, 0.2) is 36.4 Å². The second-order valence-electron chi connectivity index (χ2n) is 6.41. The highest BCUT2D eigenvalue weighted by Crippen LogP contribution is 2.20. The molecule has 25 heavy (non-hydrogen) atoms. The molecule has 132 valence electrons. The van der Waals surface area contributed by atoms with Gasteiger partial charge in [0.2, 0.25) is 5.91 Å². The molecule has 6 heteroatoms. The number of hydrogen-bond acceptors (Lipinski definition) is 4. The highest BCUT2D eigenvalue weighted by atomic mass is 35.5. The summed E-state index contributed by atoms with van der Waals surface area (Å²) in [5, 5.41) is 3.63. The zero-order valence-electron chi connectivity index (χ0n) is 14.4. The van der Waals surface area contributed by atoms with Crippen LogP contribution >= 0.6 is 11.6 Å². The fraction of sp³-hybridized carbons (Fsp3) is 0.421. The number of anilines is 1. The maximum Gasteiger partial charge on any atom is 0.220 e. The van der Waals surface area contributed by atoms with Crippen molar-refractivity contribution in [3.63, 3.8) is 0 Å². The molecule has 0 aliphatic carbocycles. The number of hydrogen-bond donors (Lipinski definition) is 1. The third-order valence-electron chi connectivity index (χ3n) is 4.46. The quantitative estimate of drug-likeness (QED) is 0.834. The summed E-state index contributed by atoms with van der Waals surface area (Å²) in [6.07, 6.45) is 3.14. The highest BCUT2D eigenvalue weighted by molar-refractivity contribution is 6.29. The highest BCUT2D eigenvalue weighted by Gasteiger charge is 2.22. The molecule has 5 nitrogen and oxygen atoms in total. The molecule has 1 aromatic heterocycles. The van der Waals surface area contributed by atoms with Crippen LogP contribution in [0.1, 0.15) is 30.7 Å². The minimum absolute atomic E-state index is 0.128. The van der Waals surface area contributed by atoms with Crippen molar-refractivity contribution in [2.75, 3.05) is 18.0 Å². The monoisotopic (exact) mass is 358 g/mol. The van der Waals surface area contributed by atoms with Gasteiger partial charge < -0.3 is 10.2 Å². The number of halogens is 1.